The van der Waals surface area contributed by atoms with Gasteiger partial charge in [0.05, 0.1) is 12.7 Å². The number of halogens is 3. The third-order valence-corrected chi connectivity index (χ3v) is 6.45. The van der Waals surface area contributed by atoms with E-state index in [1.165, 1.54) is 12.1 Å². The van der Waals surface area contributed by atoms with Crippen LogP contribution in [0.1, 0.15) is 17.5 Å². The van der Waals surface area contributed by atoms with Gasteiger partial charge in [0, 0.05) is 43.6 Å². The SMILES string of the molecule is CN(N1CCC=NC1C=Nc1nc(Nc2ccc3c(c2)CC(=O)N3)ncc1C(F)(F)F)S(C)(=O)=O. The van der Waals surface area contributed by atoms with Crippen LogP contribution in [0.15, 0.2) is 34.4 Å². The molecule has 35 heavy (non-hydrogen) atoms. The fourth-order valence-electron chi connectivity index (χ4n) is 3.50. The molecule has 1 aromatic heterocycles. The maximum absolute atomic E-state index is 13.6. The average Bonchev–Trinajstić information content (AvgIpc) is 3.15. The molecule has 2 N–H and O–H groups in total. The highest BCUT2D eigenvalue weighted by Crippen LogP contribution is 2.36. The second-order valence-corrected chi connectivity index (χ2v) is 9.82. The number of alkyl halides is 3. The van der Waals surface area contributed by atoms with E-state index in [-0.39, 0.29) is 24.8 Å². The summed E-state index contributed by atoms with van der Waals surface area (Å²) < 4.78 is 65.6. The van der Waals surface area contributed by atoms with Gasteiger partial charge >= 0.3 is 6.18 Å². The molecule has 1 aromatic carbocycles. The lowest BCUT2D eigenvalue weighted by molar-refractivity contribution is -0.137. The van der Waals surface area contributed by atoms with E-state index in [2.05, 4.69) is 30.6 Å². The topological polar surface area (TPSA) is 132 Å². The molecular formula is C20H21F3N8O3S. The van der Waals surface area contributed by atoms with Gasteiger partial charge in [-0.25, -0.2) is 18.4 Å². The number of nitrogens with one attached hydrogen (secondary N) is 2. The van der Waals surface area contributed by atoms with Gasteiger partial charge in [0.15, 0.2) is 12.0 Å². The zero-order chi connectivity index (χ0) is 25.4. The van der Waals surface area contributed by atoms with Gasteiger partial charge in [-0.1, -0.05) is 0 Å². The van der Waals surface area contributed by atoms with E-state index in [9.17, 15) is 26.4 Å². The number of hydrogen-bond acceptors (Lipinski definition) is 9. The Hall–Kier alpha value is -3.43. The van der Waals surface area contributed by atoms with Crippen molar-refractivity contribution in [3.63, 3.8) is 0 Å². The van der Waals surface area contributed by atoms with Crippen molar-refractivity contribution < 1.29 is 26.4 Å². The van der Waals surface area contributed by atoms with Crippen LogP contribution in [0.2, 0.25) is 0 Å². The number of aliphatic imine (C=N–C) groups is 2. The molecule has 0 spiro atoms. The van der Waals surface area contributed by atoms with Crippen molar-refractivity contribution >= 4 is 51.5 Å². The Kier molecular flexibility index (Phi) is 6.57. The minimum absolute atomic E-state index is 0.139. The first-order valence-corrected chi connectivity index (χ1v) is 12.2. The summed E-state index contributed by atoms with van der Waals surface area (Å²) in [5.41, 5.74) is 0.713. The summed E-state index contributed by atoms with van der Waals surface area (Å²) in [6.45, 7) is 0.280. The molecule has 0 saturated carbocycles. The van der Waals surface area contributed by atoms with Crippen molar-refractivity contribution in [2.24, 2.45) is 9.98 Å². The molecule has 4 rings (SSSR count). The van der Waals surface area contributed by atoms with Crippen molar-refractivity contribution in [2.75, 3.05) is 30.5 Å². The Labute approximate surface area is 198 Å². The number of rotatable bonds is 6. The Bertz CT molecular complexity index is 1310. The number of aromatic nitrogens is 2. The summed E-state index contributed by atoms with van der Waals surface area (Å²) in [7, 11) is -2.29. The van der Waals surface area contributed by atoms with E-state index in [1.807, 2.05) is 0 Å². The van der Waals surface area contributed by atoms with E-state index < -0.39 is 33.7 Å². The molecule has 15 heteroatoms. The normalized spacial score (nSPS) is 18.8. The summed E-state index contributed by atoms with van der Waals surface area (Å²) in [5.74, 6) is -0.948. The fraction of sp³-hybridized carbons (Fsp3) is 0.350. The number of fused-ring (bicyclic) bond motifs is 1. The van der Waals surface area contributed by atoms with Gasteiger partial charge in [0.2, 0.25) is 21.9 Å². The molecule has 11 nitrogen and oxygen atoms in total. The summed E-state index contributed by atoms with van der Waals surface area (Å²) in [5, 5.41) is 6.88. The zero-order valence-electron chi connectivity index (χ0n) is 18.6. The smallest absolute Gasteiger partial charge is 0.326 e. The largest absolute Gasteiger partial charge is 0.421 e. The molecule has 186 valence electrons. The van der Waals surface area contributed by atoms with E-state index in [4.69, 9.17) is 0 Å². The van der Waals surface area contributed by atoms with Gasteiger partial charge in [-0.15, -0.1) is 4.41 Å². The number of benzene rings is 1. The summed E-state index contributed by atoms with van der Waals surface area (Å²) in [4.78, 5) is 27.3. The van der Waals surface area contributed by atoms with Crippen molar-refractivity contribution in [1.29, 1.82) is 0 Å². The quantitative estimate of drug-likeness (QED) is 0.570. The summed E-state index contributed by atoms with van der Waals surface area (Å²) in [6.07, 6.45) is -0.795. The monoisotopic (exact) mass is 510 g/mol. The molecule has 2 aromatic rings. The highest BCUT2D eigenvalue weighted by Gasteiger charge is 2.36. The van der Waals surface area contributed by atoms with Gasteiger partial charge in [-0.3, -0.25) is 9.79 Å². The molecule has 0 radical (unpaired) electrons. The van der Waals surface area contributed by atoms with Crippen molar-refractivity contribution in [3.8, 4) is 0 Å². The number of hydrogen-bond donors (Lipinski definition) is 2. The molecule has 2 aliphatic rings. The lowest BCUT2D eigenvalue weighted by atomic mass is 10.1. The van der Waals surface area contributed by atoms with Crippen LogP contribution in [-0.4, -0.2) is 72.2 Å². The first-order chi connectivity index (χ1) is 16.4. The number of anilines is 3. The van der Waals surface area contributed by atoms with Crippen LogP contribution in [0.3, 0.4) is 0 Å². The Morgan fingerprint density at radius 3 is 2.83 bits per heavy atom. The molecular weight excluding hydrogens is 489 g/mol. The van der Waals surface area contributed by atoms with E-state index in [1.54, 1.807) is 24.4 Å². The van der Waals surface area contributed by atoms with Gasteiger partial charge in [-0.2, -0.15) is 23.2 Å². The number of carbonyl (C=O) groups excluding carboxylic acids is 1. The number of sulfonamides is 1. The van der Waals surface area contributed by atoms with Crippen LogP contribution in [-0.2, 0) is 27.4 Å². The lowest BCUT2D eigenvalue weighted by Gasteiger charge is -2.34. The first-order valence-electron chi connectivity index (χ1n) is 10.3. The van der Waals surface area contributed by atoms with Crippen LogP contribution in [0, 0.1) is 0 Å². The van der Waals surface area contributed by atoms with E-state index in [0.717, 1.165) is 22.4 Å². The molecule has 0 aliphatic carbocycles. The van der Waals surface area contributed by atoms with Crippen molar-refractivity contribution in [3.05, 3.63) is 35.5 Å². The minimum Gasteiger partial charge on any atom is -0.326 e. The zero-order valence-corrected chi connectivity index (χ0v) is 19.4. The first kappa shape index (κ1) is 24.7. The molecule has 0 bridgehead atoms. The third kappa shape index (κ3) is 5.63. The van der Waals surface area contributed by atoms with Crippen molar-refractivity contribution in [1.82, 2.24) is 19.4 Å². The highest BCUT2D eigenvalue weighted by atomic mass is 32.2. The number of amides is 1. The molecule has 0 saturated heterocycles. The standard InChI is InChI=1S/C20H21F3N8O3S/c1-30(35(2,33)34)31-7-3-6-24-16(31)11-25-18-14(20(21,22)23)10-26-19(29-18)27-13-4-5-15-12(8-13)9-17(32)28-15/h4-6,8,10-11,16H,3,7,9H2,1-2H3,(H,28,32)(H,26,27,29). The summed E-state index contributed by atoms with van der Waals surface area (Å²) in [6, 6.07) is 4.97. The molecule has 3 heterocycles. The maximum atomic E-state index is 13.6. The lowest BCUT2D eigenvalue weighted by Crippen LogP contribution is -2.51. The van der Waals surface area contributed by atoms with Crippen molar-refractivity contribution in [2.45, 2.75) is 25.2 Å². The van der Waals surface area contributed by atoms with Gasteiger partial charge < -0.3 is 10.6 Å². The van der Waals surface area contributed by atoms with Gasteiger partial charge in [-0.05, 0) is 30.2 Å². The minimum atomic E-state index is -4.77. The molecule has 1 amide bonds. The van der Waals surface area contributed by atoms with Crippen LogP contribution < -0.4 is 10.6 Å². The Morgan fingerprint density at radius 2 is 2.11 bits per heavy atom. The van der Waals surface area contributed by atoms with Crippen LogP contribution >= 0.6 is 0 Å². The number of hydrazine groups is 1. The molecule has 1 unspecified atom stereocenters. The number of carbonyl (C=O) groups is 1. The molecule has 0 fully saturated rings. The fourth-order valence-corrected chi connectivity index (χ4v) is 4.06. The predicted octanol–water partition coefficient (Wildman–Crippen LogP) is 2.34. The predicted molar refractivity (Wildman–Crippen MR) is 123 cm³/mol. The summed E-state index contributed by atoms with van der Waals surface area (Å²) >= 11 is 0. The second-order valence-electron chi connectivity index (χ2n) is 7.82. The highest BCUT2D eigenvalue weighted by molar-refractivity contribution is 7.88. The third-order valence-electron chi connectivity index (χ3n) is 5.28. The number of nitrogens with zero attached hydrogens (tertiary/aromatic N) is 6. The van der Waals surface area contributed by atoms with Crippen LogP contribution in [0.4, 0.5) is 36.3 Å². The molecule has 2 aliphatic heterocycles. The van der Waals surface area contributed by atoms with Crippen LogP contribution in [0.5, 0.6) is 0 Å². The van der Waals surface area contributed by atoms with E-state index >= 15 is 0 Å². The maximum Gasteiger partial charge on any atom is 0.421 e. The second kappa shape index (κ2) is 9.31. The average molecular weight is 511 g/mol. The van der Waals surface area contributed by atoms with Crippen LogP contribution in [0.25, 0.3) is 0 Å². The Morgan fingerprint density at radius 1 is 1.34 bits per heavy atom. The van der Waals surface area contributed by atoms with E-state index in [0.29, 0.717) is 24.0 Å². The molecule has 1 atom stereocenters. The Balaban J connectivity index is 1.63. The van der Waals surface area contributed by atoms with Gasteiger partial charge in [0.25, 0.3) is 0 Å². The van der Waals surface area contributed by atoms with Gasteiger partial charge in [0.1, 0.15) is 5.56 Å².